The Bertz CT molecular complexity index is 468. The van der Waals surface area contributed by atoms with Crippen molar-refractivity contribution in [3.63, 3.8) is 0 Å². The number of aromatic nitrogens is 4. The van der Waals surface area contributed by atoms with Gasteiger partial charge in [-0.05, 0) is 36.4 Å². The number of nitrogens with one attached hydrogen (secondary N) is 1. The molecule has 1 aromatic heterocycles. The van der Waals surface area contributed by atoms with Crippen molar-refractivity contribution < 1.29 is 14.7 Å². The molecule has 0 aromatic carbocycles. The van der Waals surface area contributed by atoms with Gasteiger partial charge in [0.05, 0.1) is 13.0 Å². The van der Waals surface area contributed by atoms with Crippen LogP contribution < -0.4 is 5.32 Å². The van der Waals surface area contributed by atoms with Gasteiger partial charge in [-0.25, -0.2) is 4.68 Å². The maximum Gasteiger partial charge on any atom is 0.322 e. The number of nitrogens with zero attached hydrogens (tertiary/aromatic N) is 5. The SMILES string of the molecule is O=C(O)CNC(=O)Cc1nnnn1CCN1CCCC1. The third kappa shape index (κ3) is 4.26. The van der Waals surface area contributed by atoms with Crippen LogP contribution in [0.3, 0.4) is 0 Å². The Balaban J connectivity index is 1.81. The molecule has 20 heavy (non-hydrogen) atoms. The second kappa shape index (κ2) is 6.94. The first-order valence-corrected chi connectivity index (χ1v) is 6.61. The molecule has 9 heteroatoms. The Morgan fingerprint density at radius 3 is 2.70 bits per heavy atom. The fraction of sp³-hybridized carbons (Fsp3) is 0.727. The predicted molar refractivity (Wildman–Crippen MR) is 67.8 cm³/mol. The van der Waals surface area contributed by atoms with Gasteiger partial charge in [-0.1, -0.05) is 0 Å². The number of tetrazole rings is 1. The van der Waals surface area contributed by atoms with Gasteiger partial charge in [0.2, 0.25) is 5.91 Å². The van der Waals surface area contributed by atoms with E-state index in [1.807, 2.05) is 0 Å². The largest absolute Gasteiger partial charge is 0.480 e. The minimum absolute atomic E-state index is 0.0136. The van der Waals surface area contributed by atoms with Crippen LogP contribution in [0.2, 0.25) is 0 Å². The molecular weight excluding hydrogens is 264 g/mol. The maximum atomic E-state index is 11.5. The molecule has 2 rings (SSSR count). The van der Waals surface area contributed by atoms with Crippen LogP contribution in [0.25, 0.3) is 0 Å². The van der Waals surface area contributed by atoms with Crippen LogP contribution in [0.1, 0.15) is 18.7 Å². The first-order valence-electron chi connectivity index (χ1n) is 6.61. The van der Waals surface area contributed by atoms with Crippen molar-refractivity contribution in [2.45, 2.75) is 25.8 Å². The number of carboxylic acid groups (broad SMARTS) is 1. The average Bonchev–Trinajstić information content (AvgIpc) is 3.05. The number of carbonyl (C=O) groups is 2. The van der Waals surface area contributed by atoms with Gasteiger partial charge in [0.1, 0.15) is 6.54 Å². The van der Waals surface area contributed by atoms with Crippen LogP contribution in [-0.2, 0) is 22.6 Å². The minimum atomic E-state index is -1.08. The molecule has 1 fully saturated rings. The van der Waals surface area contributed by atoms with Gasteiger partial charge in [-0.3, -0.25) is 9.59 Å². The second-order valence-electron chi connectivity index (χ2n) is 4.71. The number of rotatable bonds is 7. The van der Waals surface area contributed by atoms with Gasteiger partial charge in [0, 0.05) is 6.54 Å². The van der Waals surface area contributed by atoms with Crippen molar-refractivity contribution in [3.05, 3.63) is 5.82 Å². The molecule has 2 heterocycles. The van der Waals surface area contributed by atoms with Gasteiger partial charge < -0.3 is 15.3 Å². The van der Waals surface area contributed by atoms with Gasteiger partial charge in [-0.2, -0.15) is 0 Å². The normalized spacial score (nSPS) is 15.4. The van der Waals surface area contributed by atoms with Crippen molar-refractivity contribution in [2.24, 2.45) is 0 Å². The Labute approximate surface area is 115 Å². The van der Waals surface area contributed by atoms with Crippen LogP contribution in [0, 0.1) is 0 Å². The fourth-order valence-corrected chi connectivity index (χ4v) is 2.15. The highest BCUT2D eigenvalue weighted by atomic mass is 16.4. The lowest BCUT2D eigenvalue weighted by Crippen LogP contribution is -2.32. The molecule has 1 aliphatic heterocycles. The highest BCUT2D eigenvalue weighted by Gasteiger charge is 2.15. The van der Waals surface area contributed by atoms with E-state index < -0.39 is 18.4 Å². The zero-order chi connectivity index (χ0) is 14.4. The molecule has 1 aliphatic rings. The van der Waals surface area contributed by atoms with Crippen LogP contribution in [-0.4, -0.2) is 68.3 Å². The lowest BCUT2D eigenvalue weighted by molar-refractivity contribution is -0.137. The summed E-state index contributed by atoms with van der Waals surface area (Å²) < 4.78 is 1.60. The third-order valence-corrected chi connectivity index (χ3v) is 3.19. The summed E-state index contributed by atoms with van der Waals surface area (Å²) in [6.45, 7) is 3.28. The Hall–Kier alpha value is -2.03. The summed E-state index contributed by atoms with van der Waals surface area (Å²) in [4.78, 5) is 24.2. The monoisotopic (exact) mass is 282 g/mol. The van der Waals surface area contributed by atoms with E-state index in [4.69, 9.17) is 5.11 Å². The molecular formula is C11H18N6O3. The molecule has 2 N–H and O–H groups in total. The fourth-order valence-electron chi connectivity index (χ4n) is 2.15. The van der Waals surface area contributed by atoms with Gasteiger partial charge in [-0.15, -0.1) is 5.10 Å². The topological polar surface area (TPSA) is 113 Å². The summed E-state index contributed by atoms with van der Waals surface area (Å²) in [6, 6.07) is 0. The number of aliphatic carboxylic acids is 1. The summed E-state index contributed by atoms with van der Waals surface area (Å²) in [6.07, 6.45) is 2.43. The van der Waals surface area contributed by atoms with E-state index in [-0.39, 0.29) is 6.42 Å². The molecule has 0 unspecified atom stereocenters. The second-order valence-corrected chi connectivity index (χ2v) is 4.71. The standard InChI is InChI=1S/C11H18N6O3/c18-10(12-8-11(19)20)7-9-13-14-15-17(9)6-5-16-3-1-2-4-16/h1-8H2,(H,12,18)(H,19,20). The Morgan fingerprint density at radius 1 is 1.25 bits per heavy atom. The Morgan fingerprint density at radius 2 is 2.00 bits per heavy atom. The van der Waals surface area contributed by atoms with Crippen LogP contribution in [0.4, 0.5) is 0 Å². The van der Waals surface area contributed by atoms with E-state index in [9.17, 15) is 9.59 Å². The molecule has 0 saturated carbocycles. The molecule has 0 radical (unpaired) electrons. The minimum Gasteiger partial charge on any atom is -0.480 e. The maximum absolute atomic E-state index is 11.5. The van der Waals surface area contributed by atoms with Gasteiger partial charge >= 0.3 is 5.97 Å². The first kappa shape index (κ1) is 14.4. The summed E-state index contributed by atoms with van der Waals surface area (Å²) in [7, 11) is 0. The summed E-state index contributed by atoms with van der Waals surface area (Å²) in [5, 5.41) is 22.0. The summed E-state index contributed by atoms with van der Waals surface area (Å²) in [5.74, 6) is -1.02. The lowest BCUT2D eigenvalue weighted by atomic mass is 10.3. The van der Waals surface area contributed by atoms with Crippen LogP contribution >= 0.6 is 0 Å². The molecule has 0 spiro atoms. The van der Waals surface area contributed by atoms with Gasteiger partial charge in [0.15, 0.2) is 5.82 Å². The summed E-state index contributed by atoms with van der Waals surface area (Å²) >= 11 is 0. The van der Waals surface area contributed by atoms with E-state index in [0.717, 1.165) is 19.6 Å². The van der Waals surface area contributed by atoms with Crippen molar-refractivity contribution in [2.75, 3.05) is 26.2 Å². The van der Waals surface area contributed by atoms with Crippen molar-refractivity contribution in [3.8, 4) is 0 Å². The number of hydrogen-bond acceptors (Lipinski definition) is 6. The molecule has 0 bridgehead atoms. The lowest BCUT2D eigenvalue weighted by Gasteiger charge is -2.14. The number of amides is 1. The van der Waals surface area contributed by atoms with Crippen molar-refractivity contribution in [1.29, 1.82) is 0 Å². The van der Waals surface area contributed by atoms with Crippen molar-refractivity contribution >= 4 is 11.9 Å². The van der Waals surface area contributed by atoms with E-state index in [2.05, 4.69) is 25.7 Å². The van der Waals surface area contributed by atoms with E-state index >= 15 is 0 Å². The zero-order valence-electron chi connectivity index (χ0n) is 11.2. The molecule has 1 saturated heterocycles. The van der Waals surface area contributed by atoms with Crippen molar-refractivity contribution in [1.82, 2.24) is 30.4 Å². The number of carboxylic acids is 1. The quantitative estimate of drug-likeness (QED) is 0.626. The van der Waals surface area contributed by atoms with Crippen LogP contribution in [0.5, 0.6) is 0 Å². The predicted octanol–water partition coefficient (Wildman–Crippen LogP) is -1.49. The molecule has 0 atom stereocenters. The highest BCUT2D eigenvalue weighted by molar-refractivity contribution is 5.82. The van der Waals surface area contributed by atoms with E-state index in [0.29, 0.717) is 12.4 Å². The molecule has 0 aliphatic carbocycles. The third-order valence-electron chi connectivity index (χ3n) is 3.19. The number of carbonyl (C=O) groups excluding carboxylic acids is 1. The van der Waals surface area contributed by atoms with E-state index in [1.54, 1.807) is 4.68 Å². The van der Waals surface area contributed by atoms with Crippen LogP contribution in [0.15, 0.2) is 0 Å². The average molecular weight is 282 g/mol. The molecule has 1 aromatic rings. The highest BCUT2D eigenvalue weighted by Crippen LogP contribution is 2.07. The Kier molecular flexibility index (Phi) is 4.99. The molecule has 110 valence electrons. The summed E-state index contributed by atoms with van der Waals surface area (Å²) in [5.41, 5.74) is 0. The number of likely N-dealkylation sites (tertiary alicyclic amines) is 1. The molecule has 9 nitrogen and oxygen atoms in total. The first-order chi connectivity index (χ1) is 9.65. The van der Waals surface area contributed by atoms with Gasteiger partial charge in [0.25, 0.3) is 0 Å². The van der Waals surface area contributed by atoms with E-state index in [1.165, 1.54) is 12.8 Å². The zero-order valence-corrected chi connectivity index (χ0v) is 11.2. The molecule has 1 amide bonds. The number of hydrogen-bond donors (Lipinski definition) is 2. The smallest absolute Gasteiger partial charge is 0.322 e.